The molecule has 0 unspecified atom stereocenters. The fourth-order valence-electron chi connectivity index (χ4n) is 5.44. The van der Waals surface area contributed by atoms with Crippen LogP contribution >= 0.6 is 23.2 Å². The molecule has 1 N–H and O–H groups in total. The van der Waals surface area contributed by atoms with E-state index in [1.165, 1.54) is 19.3 Å². The number of Topliss-reactive ketones (excluding diaryl/α,β-unsaturated/α-hetero) is 1. The van der Waals surface area contributed by atoms with E-state index in [9.17, 15) is 14.4 Å². The number of benzene rings is 2. The highest BCUT2D eigenvalue weighted by molar-refractivity contribution is 6.39. The van der Waals surface area contributed by atoms with Crippen LogP contribution in [0.5, 0.6) is 5.88 Å². The lowest BCUT2D eigenvalue weighted by Gasteiger charge is -2.24. The number of aromatic nitrogens is 3. The van der Waals surface area contributed by atoms with Crippen LogP contribution in [0.4, 0.5) is 5.69 Å². The van der Waals surface area contributed by atoms with Gasteiger partial charge in [-0.3, -0.25) is 19.3 Å². The van der Waals surface area contributed by atoms with Gasteiger partial charge >= 0.3 is 0 Å². The normalized spacial score (nSPS) is 15.0. The summed E-state index contributed by atoms with van der Waals surface area (Å²) in [5.41, 5.74) is 3.25. The number of nitrogens with zero attached hydrogens (tertiary/aromatic N) is 4. The summed E-state index contributed by atoms with van der Waals surface area (Å²) in [7, 11) is 3.06. The number of aryl methyl sites for hydroxylation is 1. The van der Waals surface area contributed by atoms with Crippen molar-refractivity contribution in [3.8, 4) is 28.3 Å². The van der Waals surface area contributed by atoms with Crippen molar-refractivity contribution in [3.05, 3.63) is 92.3 Å². The molecule has 11 heteroatoms. The third-order valence-electron chi connectivity index (χ3n) is 7.59. The van der Waals surface area contributed by atoms with E-state index < -0.39 is 11.5 Å². The lowest BCUT2D eigenvalue weighted by atomic mass is 10.00. The lowest BCUT2D eigenvalue weighted by Crippen LogP contribution is -2.30. The molecule has 0 radical (unpaired) electrons. The Balaban J connectivity index is 1.43. The number of amides is 1. The Morgan fingerprint density at radius 2 is 1.74 bits per heavy atom. The van der Waals surface area contributed by atoms with Crippen LogP contribution in [0.25, 0.3) is 22.4 Å². The number of halogens is 2. The van der Waals surface area contributed by atoms with E-state index in [1.807, 2.05) is 30.3 Å². The minimum absolute atomic E-state index is 0.0541. The average molecular weight is 621 g/mol. The highest BCUT2D eigenvalue weighted by Gasteiger charge is 2.27. The molecule has 1 aliphatic rings. The predicted molar refractivity (Wildman–Crippen MR) is 168 cm³/mol. The largest absolute Gasteiger partial charge is 0.481 e. The van der Waals surface area contributed by atoms with Gasteiger partial charge < -0.3 is 10.1 Å². The highest BCUT2D eigenvalue weighted by Crippen LogP contribution is 2.41. The number of pyridine rings is 1. The number of hydrogen-bond donors (Lipinski definition) is 1. The van der Waals surface area contributed by atoms with Crippen molar-refractivity contribution in [2.45, 2.75) is 38.8 Å². The number of nitrogens with one attached hydrogen (secondary N) is 1. The fraction of sp³-hybridized carbons (Fsp3) is 0.281. The van der Waals surface area contributed by atoms with Gasteiger partial charge in [-0.25, -0.2) is 9.67 Å². The minimum atomic E-state index is -0.597. The number of carbonyl (C=O) groups excluding carboxylic acids is 2. The maximum absolute atomic E-state index is 12.9. The quantitative estimate of drug-likeness (QED) is 0.244. The molecule has 1 aliphatic heterocycles. The van der Waals surface area contributed by atoms with Crippen molar-refractivity contribution in [2.24, 2.45) is 7.05 Å². The van der Waals surface area contributed by atoms with Gasteiger partial charge in [0.25, 0.3) is 11.5 Å². The number of methoxy groups -OCH3 is 1. The van der Waals surface area contributed by atoms with E-state index in [0.717, 1.165) is 29.6 Å². The monoisotopic (exact) mass is 619 g/mol. The zero-order valence-electron chi connectivity index (χ0n) is 24.1. The summed E-state index contributed by atoms with van der Waals surface area (Å²) >= 11 is 13.7. The first-order valence-electron chi connectivity index (χ1n) is 13.9. The van der Waals surface area contributed by atoms with Crippen LogP contribution in [0.3, 0.4) is 0 Å². The van der Waals surface area contributed by atoms with E-state index in [0.29, 0.717) is 51.9 Å². The minimum Gasteiger partial charge on any atom is -0.481 e. The molecular formula is C32H31Cl2N5O4. The second-order valence-corrected chi connectivity index (χ2v) is 11.3. The molecule has 1 amide bonds. The number of likely N-dealkylation sites (tertiary alicyclic amines) is 1. The molecule has 5 rings (SSSR count). The molecule has 2 aromatic heterocycles. The van der Waals surface area contributed by atoms with Gasteiger partial charge in [0.1, 0.15) is 11.3 Å². The Kier molecular flexibility index (Phi) is 9.25. The van der Waals surface area contributed by atoms with E-state index in [4.69, 9.17) is 32.9 Å². The third kappa shape index (κ3) is 6.49. The molecule has 0 spiro atoms. The first-order valence-corrected chi connectivity index (χ1v) is 14.6. The van der Waals surface area contributed by atoms with Gasteiger partial charge in [0.2, 0.25) is 5.88 Å². The summed E-state index contributed by atoms with van der Waals surface area (Å²) in [6.45, 7) is 3.20. The Hall–Kier alpha value is -4.05. The van der Waals surface area contributed by atoms with Gasteiger partial charge in [0, 0.05) is 54.5 Å². The molecule has 1 atom stereocenters. The molecule has 3 heterocycles. The second kappa shape index (κ2) is 13.1. The van der Waals surface area contributed by atoms with Crippen LogP contribution in [-0.4, -0.2) is 51.1 Å². The van der Waals surface area contributed by atoms with Crippen LogP contribution in [0, 0.1) is 0 Å². The molecule has 1 saturated heterocycles. The van der Waals surface area contributed by atoms with Gasteiger partial charge in [-0.2, -0.15) is 5.10 Å². The average Bonchev–Trinajstić information content (AvgIpc) is 3.41. The summed E-state index contributed by atoms with van der Waals surface area (Å²) in [4.78, 5) is 44.1. The molecule has 0 aliphatic carbocycles. The van der Waals surface area contributed by atoms with E-state index in [-0.39, 0.29) is 22.4 Å². The molecule has 0 bridgehead atoms. The zero-order chi connectivity index (χ0) is 30.7. The second-order valence-electron chi connectivity index (χ2n) is 10.5. The number of hydrogen-bond acceptors (Lipinski definition) is 7. The van der Waals surface area contributed by atoms with Crippen LogP contribution in [0.1, 0.15) is 42.1 Å². The number of ketones is 1. The molecule has 4 aromatic rings. The van der Waals surface area contributed by atoms with Crippen molar-refractivity contribution >= 4 is 40.6 Å². The summed E-state index contributed by atoms with van der Waals surface area (Å²) in [6, 6.07) is 16.3. The van der Waals surface area contributed by atoms with Crippen molar-refractivity contribution < 1.29 is 14.3 Å². The van der Waals surface area contributed by atoms with Crippen molar-refractivity contribution in [1.29, 1.82) is 0 Å². The van der Waals surface area contributed by atoms with Gasteiger partial charge in [-0.15, -0.1) is 0 Å². The number of carbonyl (C=O) groups is 2. The van der Waals surface area contributed by atoms with Gasteiger partial charge in [0.05, 0.1) is 28.5 Å². The Morgan fingerprint density at radius 3 is 2.49 bits per heavy atom. The van der Waals surface area contributed by atoms with E-state index in [1.54, 1.807) is 32.2 Å². The van der Waals surface area contributed by atoms with Crippen LogP contribution < -0.4 is 15.6 Å². The molecule has 222 valence electrons. The Labute approximate surface area is 259 Å². The highest BCUT2D eigenvalue weighted by atomic mass is 35.5. The smallest absolute Gasteiger partial charge is 0.279 e. The van der Waals surface area contributed by atoms with Gasteiger partial charge in [-0.1, -0.05) is 59.6 Å². The number of anilines is 1. The van der Waals surface area contributed by atoms with Gasteiger partial charge in [-0.05, 0) is 44.5 Å². The Morgan fingerprint density at radius 1 is 1.02 bits per heavy atom. The SMILES string of the molecule is COc1nc(-c2cccc(-c3cccc(NC(=O)c4ccnn(C)c4=O)c3Cl)c2Cl)ccc1CN1CCC[C@@H]1CC(C)=O. The standard InChI is InChI=1S/C32H31Cl2N5O4/c1-19(40)17-21-7-6-16-39(21)18-20-12-13-26(37-31(20)43-3)24-10-4-8-22(28(24)33)23-9-5-11-27(29(23)34)36-30(41)25-14-15-35-38(2)32(25)42/h4-5,8-15,21H,6-7,16-18H2,1-3H3,(H,36,41)/t21-/m1/s1. The number of rotatable bonds is 9. The van der Waals surface area contributed by atoms with Gasteiger partial charge in [0.15, 0.2) is 0 Å². The van der Waals surface area contributed by atoms with Crippen molar-refractivity contribution in [1.82, 2.24) is 19.7 Å². The molecular weight excluding hydrogens is 589 g/mol. The predicted octanol–water partition coefficient (Wildman–Crippen LogP) is 6.02. The van der Waals surface area contributed by atoms with Crippen molar-refractivity contribution in [3.63, 3.8) is 0 Å². The lowest BCUT2D eigenvalue weighted by molar-refractivity contribution is -0.118. The first kappa shape index (κ1) is 30.4. The van der Waals surface area contributed by atoms with E-state index in [2.05, 4.69) is 15.3 Å². The maximum atomic E-state index is 12.9. The molecule has 43 heavy (non-hydrogen) atoms. The van der Waals surface area contributed by atoms with Crippen LogP contribution in [-0.2, 0) is 18.4 Å². The maximum Gasteiger partial charge on any atom is 0.279 e. The topological polar surface area (TPSA) is 106 Å². The molecule has 1 fully saturated rings. The molecule has 2 aromatic carbocycles. The first-order chi connectivity index (χ1) is 20.7. The summed E-state index contributed by atoms with van der Waals surface area (Å²) in [5, 5.41) is 7.28. The van der Waals surface area contributed by atoms with Crippen LogP contribution in [0.15, 0.2) is 65.6 Å². The Bertz CT molecular complexity index is 1760. The third-order valence-corrected chi connectivity index (χ3v) is 8.40. The van der Waals surface area contributed by atoms with Crippen molar-refractivity contribution in [2.75, 3.05) is 19.0 Å². The van der Waals surface area contributed by atoms with Crippen LogP contribution in [0.2, 0.25) is 10.0 Å². The molecule has 9 nitrogen and oxygen atoms in total. The van der Waals surface area contributed by atoms with E-state index >= 15 is 0 Å². The summed E-state index contributed by atoms with van der Waals surface area (Å²) < 4.78 is 6.76. The molecule has 0 saturated carbocycles. The summed E-state index contributed by atoms with van der Waals surface area (Å²) in [6.07, 6.45) is 3.99. The fourth-order valence-corrected chi connectivity index (χ4v) is 6.04. The summed E-state index contributed by atoms with van der Waals surface area (Å²) in [5.74, 6) is 0.0941. The zero-order valence-corrected chi connectivity index (χ0v) is 25.6. The number of ether oxygens (including phenoxy) is 1.